The summed E-state index contributed by atoms with van der Waals surface area (Å²) >= 11 is 10.2. The number of benzene rings is 1. The minimum absolute atomic E-state index is 0.844. The predicted molar refractivity (Wildman–Crippen MR) is 71.2 cm³/mol. The topological polar surface area (TPSA) is 15.8 Å². The molecule has 0 bridgehead atoms. The van der Waals surface area contributed by atoms with Gasteiger partial charge in [-0.3, -0.25) is 0 Å². The molecule has 1 aromatic carbocycles. The lowest BCUT2D eigenvalue weighted by atomic mass is 10.1. The van der Waals surface area contributed by atoms with Crippen molar-refractivity contribution in [2.75, 3.05) is 0 Å². The molecular formula is C11H10BrNS2. The Morgan fingerprint density at radius 1 is 1.47 bits per heavy atom. The summed E-state index contributed by atoms with van der Waals surface area (Å²) in [5.74, 6) is 0. The quantitative estimate of drug-likeness (QED) is 0.809. The number of hydrogen-bond acceptors (Lipinski definition) is 2. The molecular weight excluding hydrogens is 290 g/mol. The molecule has 1 nitrogen and oxygen atoms in total. The van der Waals surface area contributed by atoms with E-state index in [2.05, 4.69) is 46.0 Å². The summed E-state index contributed by atoms with van der Waals surface area (Å²) in [6, 6.07) is 6.45. The molecule has 2 aromatic rings. The minimum atomic E-state index is 0.844. The molecule has 1 aromatic heterocycles. The number of thiazole rings is 1. The molecule has 0 unspecified atom stereocenters. The number of aromatic nitrogens is 1. The highest BCUT2D eigenvalue weighted by molar-refractivity contribution is 9.10. The van der Waals surface area contributed by atoms with Crippen molar-refractivity contribution in [1.82, 2.24) is 4.98 Å². The number of aromatic amines is 1. The molecule has 2 rings (SSSR count). The standard InChI is InChI=1S/C11H10BrNS2/c1-7-2-3-8(5-10(7)12)4-9-6-13-11(14)15-9/h2-3,5-6H,4H2,1H3,(H,13,14). The first kappa shape index (κ1) is 11.0. The van der Waals surface area contributed by atoms with Gasteiger partial charge in [-0.15, -0.1) is 11.3 Å². The van der Waals surface area contributed by atoms with E-state index >= 15 is 0 Å². The lowest BCUT2D eigenvalue weighted by Gasteiger charge is -2.02. The highest BCUT2D eigenvalue weighted by atomic mass is 79.9. The van der Waals surface area contributed by atoms with Crippen molar-refractivity contribution in [3.8, 4) is 0 Å². The lowest BCUT2D eigenvalue weighted by molar-refractivity contribution is 1.20. The monoisotopic (exact) mass is 299 g/mol. The van der Waals surface area contributed by atoms with Crippen LogP contribution in [0.5, 0.6) is 0 Å². The maximum atomic E-state index is 5.05. The van der Waals surface area contributed by atoms with E-state index in [1.807, 2.05) is 6.20 Å². The Hall–Kier alpha value is -0.450. The second-order valence-corrected chi connectivity index (χ2v) is 6.06. The maximum Gasteiger partial charge on any atom is 0.158 e. The molecule has 0 radical (unpaired) electrons. The molecule has 0 spiro atoms. The van der Waals surface area contributed by atoms with Gasteiger partial charge in [0.2, 0.25) is 0 Å². The Labute approximate surface area is 106 Å². The Morgan fingerprint density at radius 2 is 2.27 bits per heavy atom. The molecule has 1 N–H and O–H groups in total. The van der Waals surface area contributed by atoms with E-state index in [0.29, 0.717) is 0 Å². The molecule has 78 valence electrons. The Bertz CT molecular complexity index is 527. The number of H-pyrrole nitrogens is 1. The van der Waals surface area contributed by atoms with Crippen LogP contribution in [0.3, 0.4) is 0 Å². The summed E-state index contributed by atoms with van der Waals surface area (Å²) in [6.07, 6.45) is 2.93. The summed E-state index contributed by atoms with van der Waals surface area (Å²) in [6.45, 7) is 2.09. The van der Waals surface area contributed by atoms with Crippen LogP contribution in [0.4, 0.5) is 0 Å². The van der Waals surface area contributed by atoms with E-state index in [1.165, 1.54) is 20.5 Å². The van der Waals surface area contributed by atoms with E-state index in [-0.39, 0.29) is 0 Å². The zero-order chi connectivity index (χ0) is 10.8. The van der Waals surface area contributed by atoms with E-state index in [9.17, 15) is 0 Å². The van der Waals surface area contributed by atoms with E-state index in [0.717, 1.165) is 10.4 Å². The number of halogens is 1. The van der Waals surface area contributed by atoms with Crippen LogP contribution in [0.2, 0.25) is 0 Å². The van der Waals surface area contributed by atoms with Gasteiger partial charge in [-0.2, -0.15) is 0 Å². The predicted octanol–water partition coefficient (Wildman–Crippen LogP) is 4.47. The van der Waals surface area contributed by atoms with E-state index < -0.39 is 0 Å². The molecule has 0 atom stereocenters. The van der Waals surface area contributed by atoms with Crippen molar-refractivity contribution < 1.29 is 0 Å². The van der Waals surface area contributed by atoms with Gasteiger partial charge in [0.1, 0.15) is 0 Å². The van der Waals surface area contributed by atoms with Crippen molar-refractivity contribution >= 4 is 39.5 Å². The Kier molecular flexibility index (Phi) is 3.38. The van der Waals surface area contributed by atoms with Crippen LogP contribution < -0.4 is 0 Å². The second-order valence-electron chi connectivity index (χ2n) is 3.40. The van der Waals surface area contributed by atoms with Crippen LogP contribution in [0.25, 0.3) is 0 Å². The smallest absolute Gasteiger partial charge is 0.158 e. The summed E-state index contributed by atoms with van der Waals surface area (Å²) < 4.78 is 2.01. The van der Waals surface area contributed by atoms with Crippen LogP contribution in [-0.4, -0.2) is 4.98 Å². The van der Waals surface area contributed by atoms with Crippen molar-refractivity contribution in [2.24, 2.45) is 0 Å². The highest BCUT2D eigenvalue weighted by Gasteiger charge is 2.00. The van der Waals surface area contributed by atoms with Crippen molar-refractivity contribution in [3.63, 3.8) is 0 Å². The van der Waals surface area contributed by atoms with Gasteiger partial charge in [0.25, 0.3) is 0 Å². The lowest BCUT2D eigenvalue weighted by Crippen LogP contribution is -1.86. The molecule has 0 saturated heterocycles. The largest absolute Gasteiger partial charge is 0.343 e. The fourth-order valence-electron chi connectivity index (χ4n) is 1.35. The molecule has 0 fully saturated rings. The SMILES string of the molecule is Cc1ccc(Cc2c[nH]c(=S)s2)cc1Br. The van der Waals surface area contributed by atoms with Crippen LogP contribution in [0.15, 0.2) is 28.9 Å². The summed E-state index contributed by atoms with van der Waals surface area (Å²) in [5, 5.41) is 0. The van der Waals surface area contributed by atoms with Crippen LogP contribution in [-0.2, 0) is 6.42 Å². The first-order valence-electron chi connectivity index (χ1n) is 4.57. The number of nitrogens with one attached hydrogen (secondary N) is 1. The third-order valence-corrected chi connectivity index (χ3v) is 4.24. The van der Waals surface area contributed by atoms with E-state index in [1.54, 1.807) is 11.3 Å². The molecule has 4 heteroatoms. The third kappa shape index (κ3) is 2.77. The van der Waals surface area contributed by atoms with Gasteiger partial charge in [0.15, 0.2) is 3.95 Å². The van der Waals surface area contributed by atoms with Crippen molar-refractivity contribution in [1.29, 1.82) is 0 Å². The minimum Gasteiger partial charge on any atom is -0.343 e. The number of hydrogen-bond donors (Lipinski definition) is 1. The molecule has 0 aliphatic heterocycles. The maximum absolute atomic E-state index is 5.05. The zero-order valence-corrected chi connectivity index (χ0v) is 11.4. The first-order chi connectivity index (χ1) is 7.15. The third-order valence-electron chi connectivity index (χ3n) is 2.19. The van der Waals surface area contributed by atoms with Gasteiger partial charge in [-0.1, -0.05) is 28.1 Å². The van der Waals surface area contributed by atoms with Crippen molar-refractivity contribution in [2.45, 2.75) is 13.3 Å². The molecule has 0 amide bonds. The number of aryl methyl sites for hydroxylation is 1. The summed E-state index contributed by atoms with van der Waals surface area (Å²) in [4.78, 5) is 4.31. The van der Waals surface area contributed by atoms with Gasteiger partial charge < -0.3 is 4.98 Å². The normalized spacial score (nSPS) is 10.5. The molecule has 1 heterocycles. The molecule has 0 saturated carbocycles. The Balaban J connectivity index is 2.24. The fourth-order valence-corrected chi connectivity index (χ4v) is 2.87. The molecule has 0 aliphatic carbocycles. The van der Waals surface area contributed by atoms with Gasteiger partial charge in [0, 0.05) is 22.0 Å². The first-order valence-corrected chi connectivity index (χ1v) is 6.59. The zero-order valence-electron chi connectivity index (χ0n) is 8.21. The number of rotatable bonds is 2. The van der Waals surface area contributed by atoms with Gasteiger partial charge >= 0.3 is 0 Å². The molecule has 15 heavy (non-hydrogen) atoms. The van der Waals surface area contributed by atoms with Gasteiger partial charge in [-0.25, -0.2) is 0 Å². The van der Waals surface area contributed by atoms with Gasteiger partial charge in [-0.05, 0) is 36.3 Å². The summed E-state index contributed by atoms with van der Waals surface area (Å²) in [7, 11) is 0. The highest BCUT2D eigenvalue weighted by Crippen LogP contribution is 2.21. The van der Waals surface area contributed by atoms with Crippen LogP contribution in [0.1, 0.15) is 16.0 Å². The average Bonchev–Trinajstić information content (AvgIpc) is 2.58. The second kappa shape index (κ2) is 4.60. The van der Waals surface area contributed by atoms with E-state index in [4.69, 9.17) is 12.2 Å². The van der Waals surface area contributed by atoms with Gasteiger partial charge in [0.05, 0.1) is 0 Å². The fraction of sp³-hybridized carbons (Fsp3) is 0.182. The molecule has 0 aliphatic rings. The van der Waals surface area contributed by atoms with Crippen molar-refractivity contribution in [3.05, 3.63) is 48.8 Å². The van der Waals surface area contributed by atoms with Crippen LogP contribution >= 0.6 is 39.5 Å². The van der Waals surface area contributed by atoms with Crippen LogP contribution in [0, 0.1) is 10.9 Å². The summed E-state index contributed by atoms with van der Waals surface area (Å²) in [5.41, 5.74) is 2.57. The Morgan fingerprint density at radius 3 is 2.87 bits per heavy atom. The average molecular weight is 300 g/mol.